The number of carbonyl (C=O) groups is 2. The number of aliphatic carboxylic acids is 1. The highest BCUT2D eigenvalue weighted by Gasteiger charge is 2.42. The molecule has 2 aromatic rings. The number of ether oxygens (including phenoxy) is 1. The van der Waals surface area contributed by atoms with E-state index in [0.29, 0.717) is 66.5 Å². The van der Waals surface area contributed by atoms with Gasteiger partial charge in [-0.05, 0) is 57.1 Å². The zero-order chi connectivity index (χ0) is 31.1. The Kier molecular flexibility index (Phi) is 8.82. The number of halogens is 2. The molecule has 2 fully saturated rings. The minimum Gasteiger partial charge on any atom is -0.481 e. The molecular formula is C29H34F2N6O4S2. The molecule has 0 radical (unpaired) electrons. The van der Waals surface area contributed by atoms with E-state index in [1.54, 1.807) is 32.3 Å². The number of piperazine rings is 1. The van der Waals surface area contributed by atoms with Crippen LogP contribution < -0.4 is 5.32 Å². The summed E-state index contributed by atoms with van der Waals surface area (Å²) in [5, 5.41) is 16.0. The van der Waals surface area contributed by atoms with E-state index in [1.807, 2.05) is 4.90 Å². The van der Waals surface area contributed by atoms with Gasteiger partial charge in [-0.3, -0.25) is 14.7 Å². The first-order chi connectivity index (χ1) is 20.4. The van der Waals surface area contributed by atoms with Crippen LogP contribution >= 0.6 is 23.6 Å². The van der Waals surface area contributed by atoms with Gasteiger partial charge in [-0.25, -0.2) is 18.6 Å². The zero-order valence-corrected chi connectivity index (χ0v) is 26.0. The fourth-order valence-corrected chi connectivity index (χ4v) is 6.66. The van der Waals surface area contributed by atoms with Crippen LogP contribution in [-0.4, -0.2) is 99.6 Å². The number of nitrogens with one attached hydrogen (secondary N) is 1. The number of amidine groups is 1. The van der Waals surface area contributed by atoms with Crippen LogP contribution in [0.15, 0.2) is 40.0 Å². The van der Waals surface area contributed by atoms with Crippen molar-refractivity contribution in [1.82, 2.24) is 25.0 Å². The molecule has 0 saturated carbocycles. The molecule has 2 saturated heterocycles. The quantitative estimate of drug-likeness (QED) is 0.316. The lowest BCUT2D eigenvalue weighted by molar-refractivity contribution is -0.147. The van der Waals surface area contributed by atoms with Gasteiger partial charge in [-0.2, -0.15) is 0 Å². The Bertz CT molecular complexity index is 1500. The highest BCUT2D eigenvalue weighted by molar-refractivity contribution is 7.80. The molecule has 2 atom stereocenters. The van der Waals surface area contributed by atoms with Crippen LogP contribution in [0.5, 0.6) is 0 Å². The fourth-order valence-electron chi connectivity index (χ4n) is 5.69. The Balaban J connectivity index is 1.47. The molecular weight excluding hydrogens is 598 g/mol. The number of fused-ring (bicyclic) bond motifs is 1. The minimum absolute atomic E-state index is 0.0393. The third kappa shape index (κ3) is 6.13. The van der Waals surface area contributed by atoms with Crippen molar-refractivity contribution in [2.75, 3.05) is 45.9 Å². The van der Waals surface area contributed by atoms with Crippen LogP contribution in [-0.2, 0) is 14.3 Å². The Morgan fingerprint density at radius 3 is 2.70 bits per heavy atom. The molecule has 43 heavy (non-hydrogen) atoms. The predicted molar refractivity (Wildman–Crippen MR) is 162 cm³/mol. The summed E-state index contributed by atoms with van der Waals surface area (Å²) in [6.07, 6.45) is 1.64. The summed E-state index contributed by atoms with van der Waals surface area (Å²) in [7, 11) is 0. The topological polar surface area (TPSA) is 111 Å². The molecule has 5 rings (SSSR count). The average Bonchev–Trinajstić information content (AvgIpc) is 3.60. The number of hydrogen-bond acceptors (Lipinski definition) is 9. The number of thiazole rings is 1. The highest BCUT2D eigenvalue weighted by Crippen LogP contribution is 2.36. The number of carboxylic acids is 1. The molecule has 3 aliphatic heterocycles. The summed E-state index contributed by atoms with van der Waals surface area (Å²) in [4.78, 5) is 40.7. The number of aromatic nitrogens is 1. The fraction of sp³-hybridized carbons (Fsp3) is 0.483. The van der Waals surface area contributed by atoms with Crippen molar-refractivity contribution >= 4 is 46.4 Å². The van der Waals surface area contributed by atoms with Crippen molar-refractivity contribution in [2.24, 2.45) is 10.4 Å². The minimum atomic E-state index is -0.990. The van der Waals surface area contributed by atoms with Crippen LogP contribution in [0.4, 0.5) is 8.78 Å². The van der Waals surface area contributed by atoms with Crippen molar-refractivity contribution in [2.45, 2.75) is 39.8 Å². The molecule has 0 spiro atoms. The number of esters is 1. The van der Waals surface area contributed by atoms with Gasteiger partial charge in [-0.1, -0.05) is 6.07 Å². The maximum atomic E-state index is 14.8. The maximum absolute atomic E-state index is 14.8. The van der Waals surface area contributed by atoms with Gasteiger partial charge in [0.1, 0.15) is 6.04 Å². The van der Waals surface area contributed by atoms with Gasteiger partial charge in [0.25, 0.3) is 0 Å². The third-order valence-corrected chi connectivity index (χ3v) is 9.27. The van der Waals surface area contributed by atoms with Gasteiger partial charge in [0.15, 0.2) is 27.6 Å². The molecule has 4 heterocycles. The Hall–Kier alpha value is -3.49. The van der Waals surface area contributed by atoms with Gasteiger partial charge >= 0.3 is 11.9 Å². The van der Waals surface area contributed by atoms with Gasteiger partial charge in [0, 0.05) is 56.5 Å². The van der Waals surface area contributed by atoms with E-state index in [-0.39, 0.29) is 23.8 Å². The smallest absolute Gasteiger partial charge is 0.338 e. The lowest BCUT2D eigenvalue weighted by Gasteiger charge is -2.38. The Morgan fingerprint density at radius 2 is 2.02 bits per heavy atom. The number of aliphatic imine (C=N–C) groups is 1. The lowest BCUT2D eigenvalue weighted by Crippen LogP contribution is -2.53. The van der Waals surface area contributed by atoms with Gasteiger partial charge in [0.05, 0.1) is 23.6 Å². The molecule has 0 amide bonds. The molecule has 1 aromatic heterocycles. The summed E-state index contributed by atoms with van der Waals surface area (Å²) in [5.74, 6) is -3.02. The van der Waals surface area contributed by atoms with E-state index in [1.165, 1.54) is 24.3 Å². The third-order valence-electron chi connectivity index (χ3n) is 7.99. The predicted octanol–water partition coefficient (Wildman–Crippen LogP) is 3.34. The van der Waals surface area contributed by atoms with Crippen LogP contribution in [0.3, 0.4) is 0 Å². The van der Waals surface area contributed by atoms with Crippen LogP contribution in [0.2, 0.25) is 0 Å². The van der Waals surface area contributed by atoms with Gasteiger partial charge in [-0.15, -0.1) is 11.3 Å². The van der Waals surface area contributed by atoms with Gasteiger partial charge in [0.2, 0.25) is 0 Å². The summed E-state index contributed by atoms with van der Waals surface area (Å²) >= 11 is 7.08. The van der Waals surface area contributed by atoms with Crippen LogP contribution in [0, 0.1) is 24.0 Å². The van der Waals surface area contributed by atoms with E-state index >= 15 is 0 Å². The van der Waals surface area contributed by atoms with Crippen molar-refractivity contribution < 1.29 is 28.2 Å². The first-order valence-electron chi connectivity index (χ1n) is 14.0. The number of carboxylic acid groups (broad SMARTS) is 1. The molecule has 3 aliphatic rings. The molecule has 10 nitrogen and oxygen atoms in total. The van der Waals surface area contributed by atoms with Crippen molar-refractivity contribution in [3.63, 3.8) is 0 Å². The van der Waals surface area contributed by atoms with Crippen molar-refractivity contribution in [1.29, 1.82) is 0 Å². The summed E-state index contributed by atoms with van der Waals surface area (Å²) < 4.78 is 34.3. The monoisotopic (exact) mass is 632 g/mol. The highest BCUT2D eigenvalue weighted by atomic mass is 32.1. The molecule has 2 N–H and O–H groups in total. The summed E-state index contributed by atoms with van der Waals surface area (Å²) in [6.45, 7) is 9.78. The van der Waals surface area contributed by atoms with E-state index in [0.717, 1.165) is 6.07 Å². The number of rotatable bonds is 9. The zero-order valence-electron chi connectivity index (χ0n) is 24.4. The second-order valence-electron chi connectivity index (χ2n) is 11.5. The summed E-state index contributed by atoms with van der Waals surface area (Å²) in [6, 6.07) is 1.59. The SMILES string of the molecule is CCOC(=O)C1=C(CN2CCN3C(=S)N(CC(C)(C)C(=O)O)C[C@@H]3C2)NC(c2nccs2)=N[C@H]1c1ccc(F)c(F)c1C. The summed E-state index contributed by atoms with van der Waals surface area (Å²) in [5.41, 5.74) is 0.240. The largest absolute Gasteiger partial charge is 0.481 e. The number of benzene rings is 1. The molecule has 0 aliphatic carbocycles. The number of nitrogens with zero attached hydrogens (tertiary/aromatic N) is 5. The van der Waals surface area contributed by atoms with Crippen LogP contribution in [0.25, 0.3) is 0 Å². The van der Waals surface area contributed by atoms with E-state index < -0.39 is 35.0 Å². The Morgan fingerprint density at radius 1 is 1.26 bits per heavy atom. The number of carbonyl (C=O) groups excluding carboxylic acids is 1. The maximum Gasteiger partial charge on any atom is 0.338 e. The lowest BCUT2D eigenvalue weighted by atomic mass is 9.92. The second kappa shape index (κ2) is 12.2. The molecule has 230 valence electrons. The molecule has 0 unspecified atom stereocenters. The average molecular weight is 633 g/mol. The first kappa shape index (κ1) is 31.0. The number of thiocarbonyl (C=S) groups is 1. The standard InChI is InChI=1S/C29H34F2N6O4S2/c1-5-41-26(38)21-20(14-35-9-10-37-17(12-35)13-36(28(37)42)15-29(3,4)27(39)40)33-24(25-32-8-11-43-25)34-23(21)18-6-7-19(30)22(31)16(18)2/h6-8,11,17,23H,5,9-10,12-15H2,1-4H3,(H,33,34)(H,39,40)/t17-,23-/m0/s1. The first-order valence-corrected chi connectivity index (χ1v) is 15.3. The van der Waals surface area contributed by atoms with Crippen molar-refractivity contribution in [3.8, 4) is 0 Å². The molecule has 0 bridgehead atoms. The second-order valence-corrected chi connectivity index (χ2v) is 12.7. The van der Waals surface area contributed by atoms with Crippen LogP contribution in [0.1, 0.15) is 42.9 Å². The van der Waals surface area contributed by atoms with E-state index in [2.05, 4.69) is 20.1 Å². The molecule has 14 heteroatoms. The normalized spacial score (nSPS) is 21.1. The Labute approximate surface area is 258 Å². The molecule has 1 aromatic carbocycles. The van der Waals surface area contributed by atoms with E-state index in [9.17, 15) is 23.5 Å². The van der Waals surface area contributed by atoms with E-state index in [4.69, 9.17) is 21.9 Å². The number of hydrogen-bond donors (Lipinski definition) is 2. The van der Waals surface area contributed by atoms with Gasteiger partial charge < -0.3 is 25.0 Å². The van der Waals surface area contributed by atoms with Crippen molar-refractivity contribution in [3.05, 3.63) is 62.7 Å².